The van der Waals surface area contributed by atoms with E-state index in [1.165, 1.54) is 0 Å². The Bertz CT molecular complexity index is 475. The van der Waals surface area contributed by atoms with Crippen LogP contribution < -0.4 is 10.2 Å². The van der Waals surface area contributed by atoms with Crippen molar-refractivity contribution < 1.29 is 9.59 Å². The molecule has 1 saturated heterocycles. The van der Waals surface area contributed by atoms with E-state index in [0.29, 0.717) is 10.7 Å². The Morgan fingerprint density at radius 3 is 2.65 bits per heavy atom. The normalized spacial score (nSPS) is 24.8. The van der Waals surface area contributed by atoms with Gasteiger partial charge < -0.3 is 5.32 Å². The summed E-state index contributed by atoms with van der Waals surface area (Å²) in [6, 6.07) is 6.14. The van der Waals surface area contributed by atoms with Crippen molar-refractivity contribution >= 4 is 29.2 Å². The summed E-state index contributed by atoms with van der Waals surface area (Å²) in [4.78, 5) is 25.0. The van der Waals surface area contributed by atoms with Crippen molar-refractivity contribution in [3.63, 3.8) is 0 Å². The molecule has 1 aromatic carbocycles. The van der Waals surface area contributed by atoms with Crippen molar-refractivity contribution in [2.45, 2.75) is 19.9 Å². The highest BCUT2D eigenvalue weighted by Gasteiger charge is 2.36. The minimum atomic E-state index is -0.400. The van der Waals surface area contributed by atoms with Crippen LogP contribution in [0.2, 0.25) is 5.02 Å². The van der Waals surface area contributed by atoms with Gasteiger partial charge in [0.15, 0.2) is 0 Å². The van der Waals surface area contributed by atoms with Gasteiger partial charge in [-0.25, -0.2) is 9.69 Å². The van der Waals surface area contributed by atoms with E-state index in [1.807, 2.05) is 6.92 Å². The van der Waals surface area contributed by atoms with E-state index in [-0.39, 0.29) is 17.9 Å². The maximum atomic E-state index is 12.1. The van der Waals surface area contributed by atoms with Crippen LogP contribution in [0.25, 0.3) is 0 Å². The van der Waals surface area contributed by atoms with E-state index >= 15 is 0 Å². The third-order valence-corrected chi connectivity index (χ3v) is 3.22. The maximum absolute atomic E-state index is 12.1. The molecule has 1 aliphatic heterocycles. The van der Waals surface area contributed by atoms with Crippen LogP contribution in [-0.2, 0) is 4.79 Å². The first-order valence-corrected chi connectivity index (χ1v) is 5.78. The molecule has 90 valence electrons. The summed E-state index contributed by atoms with van der Waals surface area (Å²) in [5.74, 6) is -0.449. The predicted octanol–water partition coefficient (Wildman–Crippen LogP) is 2.42. The van der Waals surface area contributed by atoms with Gasteiger partial charge in [0, 0.05) is 11.1 Å². The number of carbonyl (C=O) groups excluding carboxylic acids is 2. The lowest BCUT2D eigenvalue weighted by Crippen LogP contribution is -2.58. The summed E-state index contributed by atoms with van der Waals surface area (Å²) in [6.07, 6.45) is 0. The van der Waals surface area contributed by atoms with E-state index < -0.39 is 6.03 Å². The highest BCUT2D eigenvalue weighted by Crippen LogP contribution is 2.24. The van der Waals surface area contributed by atoms with Crippen molar-refractivity contribution in [2.75, 3.05) is 4.90 Å². The number of hydrogen-bond donors (Lipinski definition) is 1. The Kier molecular flexibility index (Phi) is 3.07. The molecule has 0 bridgehead atoms. The van der Waals surface area contributed by atoms with E-state index in [9.17, 15) is 9.59 Å². The number of halogens is 1. The van der Waals surface area contributed by atoms with Gasteiger partial charge in [0.25, 0.3) is 0 Å². The number of anilines is 1. The molecule has 0 radical (unpaired) electrons. The number of imide groups is 1. The molecule has 2 unspecified atom stereocenters. The standard InChI is InChI=1S/C12H13ClN2O2/c1-7-8(2)14-12(17)15(11(7)16)10-5-3-4-9(13)6-10/h3-8H,1-2H3,(H,14,17). The molecule has 1 aromatic rings. The number of nitrogens with one attached hydrogen (secondary N) is 1. The number of nitrogens with zero attached hydrogens (tertiary/aromatic N) is 1. The molecule has 5 heteroatoms. The number of urea groups is 1. The predicted molar refractivity (Wildman–Crippen MR) is 66.1 cm³/mol. The second-order valence-electron chi connectivity index (χ2n) is 4.18. The van der Waals surface area contributed by atoms with Gasteiger partial charge in [-0.15, -0.1) is 0 Å². The Morgan fingerprint density at radius 1 is 1.29 bits per heavy atom. The third-order valence-electron chi connectivity index (χ3n) is 2.98. The second kappa shape index (κ2) is 4.37. The van der Waals surface area contributed by atoms with Gasteiger partial charge in [0.05, 0.1) is 11.6 Å². The molecule has 0 aromatic heterocycles. The zero-order valence-electron chi connectivity index (χ0n) is 9.61. The summed E-state index contributed by atoms with van der Waals surface area (Å²) in [7, 11) is 0. The summed E-state index contributed by atoms with van der Waals surface area (Å²) in [5.41, 5.74) is 0.499. The van der Waals surface area contributed by atoms with Crippen LogP contribution in [0, 0.1) is 5.92 Å². The summed E-state index contributed by atoms with van der Waals surface area (Å²) in [6.45, 7) is 3.61. The molecule has 1 N–H and O–H groups in total. The Morgan fingerprint density at radius 2 is 2.00 bits per heavy atom. The fourth-order valence-electron chi connectivity index (χ4n) is 1.76. The van der Waals surface area contributed by atoms with E-state index in [4.69, 9.17) is 11.6 Å². The van der Waals surface area contributed by atoms with Crippen molar-refractivity contribution in [2.24, 2.45) is 5.92 Å². The summed E-state index contributed by atoms with van der Waals surface area (Å²) in [5, 5.41) is 3.25. The number of amides is 3. The summed E-state index contributed by atoms with van der Waals surface area (Å²) < 4.78 is 0. The largest absolute Gasteiger partial charge is 0.334 e. The van der Waals surface area contributed by atoms with Crippen LogP contribution in [0.15, 0.2) is 24.3 Å². The molecule has 1 fully saturated rings. The fraction of sp³-hybridized carbons (Fsp3) is 0.333. The lowest BCUT2D eigenvalue weighted by molar-refractivity contribution is -0.122. The molecule has 0 spiro atoms. The van der Waals surface area contributed by atoms with Crippen LogP contribution in [0.5, 0.6) is 0 Å². The molecule has 1 heterocycles. The molecular weight excluding hydrogens is 240 g/mol. The first kappa shape index (κ1) is 11.9. The quantitative estimate of drug-likeness (QED) is 0.835. The lowest BCUT2D eigenvalue weighted by Gasteiger charge is -2.34. The zero-order valence-corrected chi connectivity index (χ0v) is 10.4. The third kappa shape index (κ3) is 2.13. The highest BCUT2D eigenvalue weighted by molar-refractivity contribution is 6.31. The van der Waals surface area contributed by atoms with Gasteiger partial charge in [-0.2, -0.15) is 0 Å². The van der Waals surface area contributed by atoms with Gasteiger partial charge in [-0.3, -0.25) is 4.79 Å². The monoisotopic (exact) mass is 252 g/mol. The SMILES string of the molecule is CC1NC(=O)N(c2cccc(Cl)c2)C(=O)C1C. The first-order chi connectivity index (χ1) is 8.00. The van der Waals surface area contributed by atoms with Crippen LogP contribution in [0.4, 0.5) is 10.5 Å². The average molecular weight is 253 g/mol. The van der Waals surface area contributed by atoms with E-state index in [2.05, 4.69) is 5.32 Å². The smallest absolute Gasteiger partial charge is 0.328 e. The first-order valence-electron chi connectivity index (χ1n) is 5.40. The minimum Gasteiger partial charge on any atom is -0.334 e. The van der Waals surface area contributed by atoms with Crippen LogP contribution >= 0.6 is 11.6 Å². The molecule has 17 heavy (non-hydrogen) atoms. The minimum absolute atomic E-state index is 0.148. The highest BCUT2D eigenvalue weighted by atomic mass is 35.5. The van der Waals surface area contributed by atoms with Gasteiger partial charge >= 0.3 is 6.03 Å². The zero-order chi connectivity index (χ0) is 12.6. The maximum Gasteiger partial charge on any atom is 0.328 e. The van der Waals surface area contributed by atoms with Gasteiger partial charge in [0.2, 0.25) is 5.91 Å². The van der Waals surface area contributed by atoms with Crippen molar-refractivity contribution in [1.29, 1.82) is 0 Å². The van der Waals surface area contributed by atoms with E-state index in [0.717, 1.165) is 4.90 Å². The lowest BCUT2D eigenvalue weighted by atomic mass is 9.99. The Labute approximate surface area is 105 Å². The van der Waals surface area contributed by atoms with Gasteiger partial charge in [-0.05, 0) is 25.1 Å². The average Bonchev–Trinajstić information content (AvgIpc) is 2.26. The molecule has 2 atom stereocenters. The van der Waals surface area contributed by atoms with Crippen molar-refractivity contribution in [3.05, 3.63) is 29.3 Å². The molecule has 3 amide bonds. The molecule has 4 nitrogen and oxygen atoms in total. The number of rotatable bonds is 1. The topological polar surface area (TPSA) is 49.4 Å². The molecular formula is C12H13ClN2O2. The Balaban J connectivity index is 2.37. The van der Waals surface area contributed by atoms with Crippen LogP contribution in [-0.4, -0.2) is 18.0 Å². The van der Waals surface area contributed by atoms with Gasteiger partial charge in [-0.1, -0.05) is 24.6 Å². The van der Waals surface area contributed by atoms with E-state index in [1.54, 1.807) is 31.2 Å². The number of carbonyl (C=O) groups is 2. The number of benzene rings is 1. The molecule has 0 saturated carbocycles. The Hall–Kier alpha value is -1.55. The van der Waals surface area contributed by atoms with Crippen LogP contribution in [0.3, 0.4) is 0 Å². The van der Waals surface area contributed by atoms with Crippen LogP contribution in [0.1, 0.15) is 13.8 Å². The van der Waals surface area contributed by atoms with Crippen molar-refractivity contribution in [3.8, 4) is 0 Å². The molecule has 1 aliphatic rings. The fourth-order valence-corrected chi connectivity index (χ4v) is 1.95. The molecule has 0 aliphatic carbocycles. The molecule has 2 rings (SSSR count). The number of hydrogen-bond acceptors (Lipinski definition) is 2. The summed E-state index contributed by atoms with van der Waals surface area (Å²) >= 11 is 5.85. The van der Waals surface area contributed by atoms with Crippen molar-refractivity contribution in [1.82, 2.24) is 5.32 Å². The van der Waals surface area contributed by atoms with Gasteiger partial charge in [0.1, 0.15) is 0 Å². The second-order valence-corrected chi connectivity index (χ2v) is 4.62.